The predicted octanol–water partition coefficient (Wildman–Crippen LogP) is 5.09. The maximum absolute atomic E-state index is 13.0. The molecule has 0 aromatic heterocycles. The quantitative estimate of drug-likeness (QED) is 0.406. The van der Waals surface area contributed by atoms with Gasteiger partial charge in [0.05, 0.1) is 17.1 Å². The third kappa shape index (κ3) is 6.75. The number of nitrogens with zero attached hydrogens (tertiary/aromatic N) is 1. The van der Waals surface area contributed by atoms with Gasteiger partial charge in [-0.05, 0) is 72.7 Å². The first kappa shape index (κ1) is 26.5. The number of rotatable bonds is 7. The summed E-state index contributed by atoms with van der Waals surface area (Å²) in [6, 6.07) is 9.62. The second-order valence-corrected chi connectivity index (χ2v) is 11.5. The molecular formula is C26H40BNO6. The van der Waals surface area contributed by atoms with Crippen LogP contribution in [0.25, 0.3) is 0 Å². The van der Waals surface area contributed by atoms with Gasteiger partial charge in [0.2, 0.25) is 0 Å². The van der Waals surface area contributed by atoms with E-state index in [-0.39, 0.29) is 48.8 Å². The highest BCUT2D eigenvalue weighted by atomic mass is 16.7. The molecule has 3 rings (SSSR count). The van der Waals surface area contributed by atoms with Crippen molar-refractivity contribution in [2.45, 2.75) is 91.0 Å². The highest BCUT2D eigenvalue weighted by Gasteiger charge is 2.50. The van der Waals surface area contributed by atoms with Crippen LogP contribution in [0.3, 0.4) is 0 Å². The molecule has 0 bridgehead atoms. The predicted molar refractivity (Wildman–Crippen MR) is 131 cm³/mol. The van der Waals surface area contributed by atoms with Crippen molar-refractivity contribution in [2.24, 2.45) is 11.8 Å². The molecule has 0 N–H and O–H groups in total. The molecule has 2 heterocycles. The summed E-state index contributed by atoms with van der Waals surface area (Å²) in [5.41, 5.74) is -0.366. The Bertz CT molecular complexity index is 835. The van der Waals surface area contributed by atoms with E-state index in [2.05, 4.69) is 0 Å². The Labute approximate surface area is 204 Å². The molecule has 2 aliphatic heterocycles. The summed E-state index contributed by atoms with van der Waals surface area (Å²) in [6.45, 7) is 14.7. The van der Waals surface area contributed by atoms with E-state index in [0.29, 0.717) is 13.1 Å². The van der Waals surface area contributed by atoms with E-state index in [1.165, 1.54) is 0 Å². The van der Waals surface area contributed by atoms with Crippen LogP contribution in [0.2, 0.25) is 6.32 Å². The molecule has 1 amide bonds. The SMILES string of the molecule is CC(C)(C)OC(=O)N1CC(C(=O)OCc2ccccc2)[C@@H](CCCB2OC(C)(C)C(C)(C)O2)C1. The Kier molecular flexibility index (Phi) is 8.03. The molecule has 2 aliphatic rings. The van der Waals surface area contributed by atoms with Gasteiger partial charge < -0.3 is 23.7 Å². The highest BCUT2D eigenvalue weighted by Crippen LogP contribution is 2.39. The number of hydrogen-bond acceptors (Lipinski definition) is 6. The zero-order valence-corrected chi connectivity index (χ0v) is 21.8. The molecule has 0 saturated carbocycles. The minimum absolute atomic E-state index is 0.00165. The molecule has 2 atom stereocenters. The van der Waals surface area contributed by atoms with Crippen LogP contribution in [0, 0.1) is 11.8 Å². The van der Waals surface area contributed by atoms with Crippen LogP contribution in [0.5, 0.6) is 0 Å². The van der Waals surface area contributed by atoms with E-state index in [1.54, 1.807) is 4.90 Å². The first-order valence-electron chi connectivity index (χ1n) is 12.3. The molecule has 0 radical (unpaired) electrons. The standard InChI is InChI=1S/C26H40BNO6/c1-24(2,3)32-23(30)28-16-20(14-11-15-27-33-25(4,5)26(6,7)34-27)21(17-28)22(29)31-18-19-12-9-8-10-13-19/h8-10,12-13,20-21H,11,14-18H2,1-7H3/t20-,21?/m0/s1. The number of carbonyl (C=O) groups is 2. The lowest BCUT2D eigenvalue weighted by atomic mass is 9.79. The Balaban J connectivity index is 1.60. The summed E-state index contributed by atoms with van der Waals surface area (Å²) in [6.07, 6.45) is 1.95. The Hall–Kier alpha value is -2.06. The molecule has 0 spiro atoms. The number of ether oxygens (including phenoxy) is 2. The van der Waals surface area contributed by atoms with Crippen molar-refractivity contribution >= 4 is 19.2 Å². The molecule has 2 saturated heterocycles. The van der Waals surface area contributed by atoms with Gasteiger partial charge in [-0.25, -0.2) is 4.79 Å². The van der Waals surface area contributed by atoms with E-state index >= 15 is 0 Å². The second-order valence-electron chi connectivity index (χ2n) is 11.5. The Morgan fingerprint density at radius 1 is 1.06 bits per heavy atom. The first-order valence-corrected chi connectivity index (χ1v) is 12.3. The first-order chi connectivity index (χ1) is 15.8. The number of amides is 1. The lowest BCUT2D eigenvalue weighted by Crippen LogP contribution is -2.41. The van der Waals surface area contributed by atoms with Crippen molar-refractivity contribution < 1.29 is 28.4 Å². The van der Waals surface area contributed by atoms with Crippen molar-refractivity contribution in [1.29, 1.82) is 0 Å². The summed E-state index contributed by atoms with van der Waals surface area (Å²) in [4.78, 5) is 27.4. The third-order valence-electron chi connectivity index (χ3n) is 6.94. The van der Waals surface area contributed by atoms with Gasteiger partial charge in [-0.2, -0.15) is 0 Å². The van der Waals surface area contributed by atoms with Gasteiger partial charge in [0.1, 0.15) is 12.2 Å². The van der Waals surface area contributed by atoms with Crippen molar-refractivity contribution in [2.75, 3.05) is 13.1 Å². The van der Waals surface area contributed by atoms with E-state index in [0.717, 1.165) is 24.7 Å². The fourth-order valence-electron chi connectivity index (χ4n) is 4.37. The number of likely N-dealkylation sites (tertiary alicyclic amines) is 1. The molecule has 1 aromatic rings. The maximum Gasteiger partial charge on any atom is 0.457 e. The van der Waals surface area contributed by atoms with Crippen molar-refractivity contribution in [3.63, 3.8) is 0 Å². The summed E-state index contributed by atoms with van der Waals surface area (Å²) in [5.74, 6) is -0.650. The average molecular weight is 473 g/mol. The van der Waals surface area contributed by atoms with Crippen molar-refractivity contribution in [3.05, 3.63) is 35.9 Å². The lowest BCUT2D eigenvalue weighted by Gasteiger charge is -2.32. The maximum atomic E-state index is 13.0. The van der Waals surface area contributed by atoms with E-state index in [1.807, 2.05) is 78.8 Å². The van der Waals surface area contributed by atoms with E-state index in [9.17, 15) is 9.59 Å². The van der Waals surface area contributed by atoms with Crippen molar-refractivity contribution in [3.8, 4) is 0 Å². The van der Waals surface area contributed by atoms with Crippen LogP contribution in [0.15, 0.2) is 30.3 Å². The monoisotopic (exact) mass is 473 g/mol. The van der Waals surface area contributed by atoms with Gasteiger partial charge in [0.15, 0.2) is 0 Å². The smallest absolute Gasteiger partial charge is 0.457 e. The van der Waals surface area contributed by atoms with Gasteiger partial charge in [-0.15, -0.1) is 0 Å². The summed E-state index contributed by atoms with van der Waals surface area (Å²) in [5, 5.41) is 0. The molecular weight excluding hydrogens is 433 g/mol. The normalized spacial score (nSPS) is 23.7. The molecule has 0 aliphatic carbocycles. The number of carbonyl (C=O) groups excluding carboxylic acids is 2. The van der Waals surface area contributed by atoms with Crippen LogP contribution in [-0.2, 0) is 30.2 Å². The highest BCUT2D eigenvalue weighted by molar-refractivity contribution is 6.45. The fraction of sp³-hybridized carbons (Fsp3) is 0.692. The Morgan fingerprint density at radius 2 is 1.68 bits per heavy atom. The zero-order valence-electron chi connectivity index (χ0n) is 21.8. The second kappa shape index (κ2) is 10.3. The third-order valence-corrected chi connectivity index (χ3v) is 6.94. The van der Waals surface area contributed by atoms with E-state index in [4.69, 9.17) is 18.8 Å². The van der Waals surface area contributed by atoms with Gasteiger partial charge in [-0.3, -0.25) is 4.79 Å². The number of benzene rings is 1. The summed E-state index contributed by atoms with van der Waals surface area (Å²) >= 11 is 0. The fourth-order valence-corrected chi connectivity index (χ4v) is 4.37. The van der Waals surface area contributed by atoms with Crippen LogP contribution >= 0.6 is 0 Å². The molecule has 7 nitrogen and oxygen atoms in total. The number of hydrogen-bond donors (Lipinski definition) is 0. The van der Waals surface area contributed by atoms with Crippen LogP contribution in [-0.4, -0.2) is 54.0 Å². The molecule has 1 aromatic carbocycles. The largest absolute Gasteiger partial charge is 0.461 e. The summed E-state index contributed by atoms with van der Waals surface area (Å²) in [7, 11) is -0.267. The van der Waals surface area contributed by atoms with Gasteiger partial charge >= 0.3 is 19.2 Å². The van der Waals surface area contributed by atoms with Gasteiger partial charge in [0, 0.05) is 13.1 Å². The van der Waals surface area contributed by atoms with E-state index < -0.39 is 5.60 Å². The molecule has 1 unspecified atom stereocenters. The van der Waals surface area contributed by atoms with Crippen molar-refractivity contribution in [1.82, 2.24) is 4.90 Å². The minimum Gasteiger partial charge on any atom is -0.461 e. The average Bonchev–Trinajstić information content (AvgIpc) is 3.23. The topological polar surface area (TPSA) is 74.3 Å². The summed E-state index contributed by atoms with van der Waals surface area (Å²) < 4.78 is 23.4. The molecule has 34 heavy (non-hydrogen) atoms. The van der Waals surface area contributed by atoms with Crippen LogP contribution in [0.1, 0.15) is 66.9 Å². The lowest BCUT2D eigenvalue weighted by molar-refractivity contribution is -0.150. The number of esters is 1. The molecule has 8 heteroatoms. The minimum atomic E-state index is -0.588. The molecule has 2 fully saturated rings. The van der Waals surface area contributed by atoms with Gasteiger partial charge in [-0.1, -0.05) is 36.8 Å². The Morgan fingerprint density at radius 3 is 2.26 bits per heavy atom. The van der Waals surface area contributed by atoms with Crippen LogP contribution < -0.4 is 0 Å². The zero-order chi connectivity index (χ0) is 25.1. The van der Waals surface area contributed by atoms with Gasteiger partial charge in [0.25, 0.3) is 0 Å². The van der Waals surface area contributed by atoms with Crippen LogP contribution in [0.4, 0.5) is 4.79 Å². The molecule has 188 valence electrons.